The first kappa shape index (κ1) is 84.8. The minimum absolute atomic E-state index is 0.0429. The Hall–Kier alpha value is -17.4. The zero-order valence-electron chi connectivity index (χ0n) is 80.8. The first-order chi connectivity index (χ1) is 70.2. The molecule has 0 spiro atoms. The third-order valence-electron chi connectivity index (χ3n) is 32.1. The van der Waals surface area contributed by atoms with Crippen molar-refractivity contribution in [2.75, 3.05) is 0 Å². The van der Waals surface area contributed by atoms with Gasteiger partial charge in [0.05, 0.1) is 0 Å². The van der Waals surface area contributed by atoms with Crippen LogP contribution in [0.15, 0.2) is 497 Å². The van der Waals surface area contributed by atoms with E-state index in [9.17, 15) is 0 Å². The van der Waals surface area contributed by atoms with Crippen LogP contribution in [0.5, 0.6) is 0 Å². The summed E-state index contributed by atoms with van der Waals surface area (Å²) in [6.45, 7) is 14.2. The summed E-state index contributed by atoms with van der Waals surface area (Å²) in [5, 5.41) is 28.3. The molecule has 0 N–H and O–H groups in total. The van der Waals surface area contributed by atoms with Gasteiger partial charge < -0.3 is 0 Å². The lowest BCUT2D eigenvalue weighted by Gasteiger charge is -2.23. The molecule has 29 rings (SSSR count). The first-order valence-corrected chi connectivity index (χ1v) is 50.4. The van der Waals surface area contributed by atoms with Gasteiger partial charge in [-0.2, -0.15) is 0 Å². The Morgan fingerprint density at radius 2 is 0.357 bits per heavy atom. The molecular formula is C143H100. The molecule has 0 saturated carbocycles. The van der Waals surface area contributed by atoms with Gasteiger partial charge in [-0.3, -0.25) is 0 Å². The quantitative estimate of drug-likeness (QED) is 0.126. The average Bonchev–Trinajstić information content (AvgIpc) is 1.42. The van der Waals surface area contributed by atoms with Crippen LogP contribution in [-0.4, -0.2) is 0 Å². The van der Waals surface area contributed by atoms with Gasteiger partial charge in [-0.25, -0.2) is 0 Å². The van der Waals surface area contributed by atoms with Gasteiger partial charge in [-0.05, 0) is 346 Å². The van der Waals surface area contributed by atoms with Crippen LogP contribution in [0.2, 0.25) is 0 Å². The van der Waals surface area contributed by atoms with Crippen molar-refractivity contribution in [3.63, 3.8) is 0 Å². The van der Waals surface area contributed by atoms with E-state index >= 15 is 0 Å². The predicted molar refractivity (Wildman–Crippen MR) is 614 cm³/mol. The van der Waals surface area contributed by atoms with E-state index in [4.69, 9.17) is 0 Å². The zero-order valence-corrected chi connectivity index (χ0v) is 80.8. The van der Waals surface area contributed by atoms with Gasteiger partial charge in [0.25, 0.3) is 0 Å². The summed E-state index contributed by atoms with van der Waals surface area (Å²) in [6, 6.07) is 185. The smallest absolute Gasteiger partial charge is 0.0165 e. The molecule has 3 aliphatic rings. The highest BCUT2D eigenvalue weighted by Gasteiger charge is 2.40. The Balaban J connectivity index is 0.000000107. The number of fused-ring (bicyclic) bond motifs is 21. The van der Waals surface area contributed by atoms with Crippen molar-refractivity contribution in [3.8, 4) is 134 Å². The van der Waals surface area contributed by atoms with Crippen molar-refractivity contribution in [1.29, 1.82) is 0 Å². The number of hydrogen-bond donors (Lipinski definition) is 0. The van der Waals surface area contributed by atoms with Gasteiger partial charge in [0.1, 0.15) is 0 Å². The molecular weight excluding hydrogens is 1720 g/mol. The fourth-order valence-electron chi connectivity index (χ4n) is 25.3. The first-order valence-electron chi connectivity index (χ1n) is 50.4. The molecule has 0 aromatic heterocycles. The standard InChI is InChI=1S/2C49H34.C45H32/c1-49(2)45-26-25-35(29-43(45)44-28-33-14-3-4-15-34(33)30-46(44)49)32-17-11-18-36(27-32)47-39-20-7-9-22-41(39)48(42-23-10-8-21-40(42)47)38-24-12-16-31-13-5-6-19-37(31)38;1-49(2)45-30-35(25-26-38(45)44-28-33-14-3-4-15-34(33)29-46(44)49)32-17-11-18-36(27-32)47-40-20-7-9-22-42(40)48(43-23-10-8-21-41(43)47)39-24-12-16-31-13-5-6-19-37(31)39;1-45(2)41-26-24-32(28-40(41)39-25-23-29-13-6-7-18-34(29)44(39)45)31-16-12-17-33(27-31)43-37-21-10-8-19-35(37)42(30-14-4-3-5-15-30)36-20-9-11-22-38(36)43/h2*3-30H,1-2H3;3-28H,1-2H3. The van der Waals surface area contributed by atoms with Crippen LogP contribution in [0.3, 0.4) is 0 Å². The summed E-state index contributed by atoms with van der Waals surface area (Å²) in [6.07, 6.45) is 0. The summed E-state index contributed by atoms with van der Waals surface area (Å²) >= 11 is 0. The molecule has 0 heterocycles. The third kappa shape index (κ3) is 13.7. The van der Waals surface area contributed by atoms with E-state index in [1.807, 2.05) is 0 Å². The lowest BCUT2D eigenvalue weighted by Crippen LogP contribution is -2.15. The van der Waals surface area contributed by atoms with Gasteiger partial charge in [0.15, 0.2) is 0 Å². The van der Waals surface area contributed by atoms with Crippen molar-refractivity contribution in [3.05, 3.63) is 531 Å². The van der Waals surface area contributed by atoms with Gasteiger partial charge in [0, 0.05) is 16.2 Å². The monoisotopic (exact) mass is 1820 g/mol. The molecule has 0 bridgehead atoms. The Labute approximate surface area is 834 Å². The van der Waals surface area contributed by atoms with E-state index in [-0.39, 0.29) is 16.2 Å². The molecule has 0 atom stereocenters. The Morgan fingerprint density at radius 3 is 0.762 bits per heavy atom. The highest BCUT2D eigenvalue weighted by molar-refractivity contribution is 6.27. The van der Waals surface area contributed by atoms with Crippen molar-refractivity contribution in [2.45, 2.75) is 57.8 Å². The molecule has 0 nitrogen and oxygen atoms in total. The van der Waals surface area contributed by atoms with Crippen LogP contribution in [0.25, 0.3) is 252 Å². The maximum atomic E-state index is 2.44. The highest BCUT2D eigenvalue weighted by atomic mass is 14.4. The molecule has 0 amide bonds. The molecule has 0 unspecified atom stereocenters. The van der Waals surface area contributed by atoms with Crippen LogP contribution < -0.4 is 0 Å². The van der Waals surface area contributed by atoms with E-state index in [1.165, 1.54) is 285 Å². The Kier molecular flexibility index (Phi) is 19.8. The second-order valence-electron chi connectivity index (χ2n) is 41.0. The van der Waals surface area contributed by atoms with E-state index in [0.717, 1.165) is 0 Å². The normalized spacial score (nSPS) is 13.3. The van der Waals surface area contributed by atoms with E-state index in [2.05, 4.69) is 539 Å². The summed E-state index contributed by atoms with van der Waals surface area (Å²) in [5.41, 5.74) is 39.2. The van der Waals surface area contributed by atoms with Gasteiger partial charge in [-0.1, -0.05) is 478 Å². The summed E-state index contributed by atoms with van der Waals surface area (Å²) in [4.78, 5) is 0. The van der Waals surface area contributed by atoms with Crippen LogP contribution in [0, 0.1) is 0 Å². The number of benzene rings is 26. The topological polar surface area (TPSA) is 0 Å². The van der Waals surface area contributed by atoms with Crippen LogP contribution in [-0.2, 0) is 16.2 Å². The van der Waals surface area contributed by atoms with Crippen molar-refractivity contribution in [2.24, 2.45) is 0 Å². The number of hydrogen-bond acceptors (Lipinski definition) is 0. The van der Waals surface area contributed by atoms with Crippen LogP contribution in [0.1, 0.15) is 74.9 Å². The Bertz CT molecular complexity index is 9630. The summed E-state index contributed by atoms with van der Waals surface area (Å²) in [5.74, 6) is 0. The van der Waals surface area contributed by atoms with Gasteiger partial charge >= 0.3 is 0 Å². The largest absolute Gasteiger partial charge is 0.0622 e. The summed E-state index contributed by atoms with van der Waals surface area (Å²) in [7, 11) is 0. The minimum atomic E-state index is -0.0772. The minimum Gasteiger partial charge on any atom is -0.0622 e. The van der Waals surface area contributed by atoms with Crippen molar-refractivity contribution in [1.82, 2.24) is 0 Å². The molecule has 3 aliphatic carbocycles. The maximum absolute atomic E-state index is 2.44. The lowest BCUT2D eigenvalue weighted by atomic mass is 9.80. The molecule has 0 radical (unpaired) electrons. The molecule has 26 aromatic rings. The van der Waals surface area contributed by atoms with Gasteiger partial charge in [-0.15, -0.1) is 0 Å². The van der Waals surface area contributed by atoms with Crippen molar-refractivity contribution >= 4 is 118 Å². The Morgan fingerprint density at radius 1 is 0.112 bits per heavy atom. The zero-order chi connectivity index (χ0) is 95.5. The molecule has 0 heteroatoms. The average molecular weight is 1820 g/mol. The molecule has 0 saturated heterocycles. The van der Waals surface area contributed by atoms with Crippen LogP contribution in [0.4, 0.5) is 0 Å². The molecule has 26 aromatic carbocycles. The predicted octanol–water partition coefficient (Wildman–Crippen LogP) is 39.7. The van der Waals surface area contributed by atoms with E-state index < -0.39 is 0 Å². The van der Waals surface area contributed by atoms with E-state index in [0.29, 0.717) is 0 Å². The SMILES string of the molecule is CC1(C)c2cc(-c3cccc(-c4c5ccccc5c(-c5cccc6ccccc56)c5ccccc45)c3)ccc2-c2cc3ccccc3cc21.CC1(C)c2ccc(-c3cccc(-c4c5ccccc5c(-c5cccc6ccccc56)c5ccccc45)c3)cc2-c2cc3ccccc3cc21.CC1(C)c2ccc(-c3cccc(-c4c5ccccc5c(-c5ccccc5)c5ccccc45)c3)cc2-c2ccc3ccccc3c21. The third-order valence-corrected chi connectivity index (χ3v) is 32.1. The van der Waals surface area contributed by atoms with Crippen molar-refractivity contribution < 1.29 is 0 Å². The summed E-state index contributed by atoms with van der Waals surface area (Å²) < 4.78 is 0. The molecule has 672 valence electrons. The number of rotatable bonds is 9. The molecule has 0 fully saturated rings. The van der Waals surface area contributed by atoms with E-state index in [1.54, 1.807) is 0 Å². The second-order valence-corrected chi connectivity index (χ2v) is 41.0. The molecule has 143 heavy (non-hydrogen) atoms. The fourth-order valence-corrected chi connectivity index (χ4v) is 25.3. The van der Waals surface area contributed by atoms with Gasteiger partial charge in [0.2, 0.25) is 0 Å². The fraction of sp³-hybridized carbons (Fsp3) is 0.0629. The van der Waals surface area contributed by atoms with Crippen LogP contribution >= 0.6 is 0 Å². The lowest BCUT2D eigenvalue weighted by molar-refractivity contribution is 0.661. The highest BCUT2D eigenvalue weighted by Crippen LogP contribution is 2.58. The maximum Gasteiger partial charge on any atom is 0.0165 e. The molecule has 0 aliphatic heterocycles. The second kappa shape index (κ2) is 33.4.